The highest BCUT2D eigenvalue weighted by molar-refractivity contribution is 6.39. The average molecular weight is 425 g/mol. The SMILES string of the molecule is CC[C@H](COC(=O)Cn1c(=O)oc2ccccc21)NC(=O)C(=O)Nc1ccc(C)cc1. The van der Waals surface area contributed by atoms with Gasteiger partial charge in [0, 0.05) is 5.69 Å². The van der Waals surface area contributed by atoms with E-state index in [9.17, 15) is 19.2 Å². The van der Waals surface area contributed by atoms with Crippen LogP contribution in [0.25, 0.3) is 11.1 Å². The van der Waals surface area contributed by atoms with Crippen molar-refractivity contribution in [2.24, 2.45) is 0 Å². The number of para-hydroxylation sites is 2. The van der Waals surface area contributed by atoms with E-state index in [0.717, 1.165) is 5.56 Å². The fourth-order valence-corrected chi connectivity index (χ4v) is 2.87. The lowest BCUT2D eigenvalue weighted by Crippen LogP contribution is -2.44. The number of aromatic nitrogens is 1. The molecule has 9 heteroatoms. The third-order valence-corrected chi connectivity index (χ3v) is 4.65. The third-order valence-electron chi connectivity index (χ3n) is 4.65. The maximum absolute atomic E-state index is 12.2. The van der Waals surface area contributed by atoms with Gasteiger partial charge in [0.05, 0.1) is 11.6 Å². The van der Waals surface area contributed by atoms with Gasteiger partial charge in [0.1, 0.15) is 13.2 Å². The number of hydrogen-bond donors (Lipinski definition) is 2. The Labute approximate surface area is 178 Å². The molecule has 31 heavy (non-hydrogen) atoms. The molecule has 162 valence electrons. The maximum Gasteiger partial charge on any atom is 0.420 e. The Bertz CT molecular complexity index is 1150. The molecule has 1 heterocycles. The quantitative estimate of drug-likeness (QED) is 0.441. The zero-order valence-electron chi connectivity index (χ0n) is 17.2. The van der Waals surface area contributed by atoms with Crippen molar-refractivity contribution < 1.29 is 23.5 Å². The normalized spacial score (nSPS) is 11.7. The number of oxazole rings is 1. The van der Waals surface area contributed by atoms with Crippen LogP contribution < -0.4 is 16.4 Å². The average Bonchev–Trinajstić information content (AvgIpc) is 3.07. The Balaban J connectivity index is 1.52. The third kappa shape index (κ3) is 5.59. The molecule has 0 spiro atoms. The van der Waals surface area contributed by atoms with Crippen molar-refractivity contribution in [1.29, 1.82) is 0 Å². The van der Waals surface area contributed by atoms with Gasteiger partial charge in [-0.25, -0.2) is 4.79 Å². The van der Waals surface area contributed by atoms with Gasteiger partial charge in [0.25, 0.3) is 0 Å². The molecule has 0 saturated heterocycles. The van der Waals surface area contributed by atoms with Gasteiger partial charge in [0.2, 0.25) is 0 Å². The van der Waals surface area contributed by atoms with Gasteiger partial charge in [0.15, 0.2) is 5.58 Å². The van der Waals surface area contributed by atoms with E-state index in [1.807, 2.05) is 19.1 Å². The van der Waals surface area contributed by atoms with Gasteiger partial charge in [-0.1, -0.05) is 36.8 Å². The fraction of sp³-hybridized carbons (Fsp3) is 0.273. The lowest BCUT2D eigenvalue weighted by Gasteiger charge is -2.17. The van der Waals surface area contributed by atoms with Crippen LogP contribution in [0.4, 0.5) is 5.69 Å². The van der Waals surface area contributed by atoms with Crippen molar-refractivity contribution in [2.45, 2.75) is 32.9 Å². The van der Waals surface area contributed by atoms with E-state index >= 15 is 0 Å². The molecule has 1 atom stereocenters. The summed E-state index contributed by atoms with van der Waals surface area (Å²) in [6, 6.07) is 13.2. The van der Waals surface area contributed by atoms with Crippen LogP contribution in [-0.2, 0) is 25.7 Å². The Morgan fingerprint density at radius 3 is 2.48 bits per heavy atom. The second-order valence-corrected chi connectivity index (χ2v) is 7.00. The standard InChI is InChI=1S/C22H23N3O6/c1-3-15(23-20(27)21(28)24-16-10-8-14(2)9-11-16)13-30-19(26)12-25-17-6-4-5-7-18(17)31-22(25)29/h4-11,15H,3,12-13H2,1-2H3,(H,23,27)(H,24,28)/t15-/m1/s1. The van der Waals surface area contributed by atoms with Crippen molar-refractivity contribution in [3.63, 3.8) is 0 Å². The van der Waals surface area contributed by atoms with Gasteiger partial charge in [-0.15, -0.1) is 0 Å². The van der Waals surface area contributed by atoms with Crippen molar-refractivity contribution in [3.8, 4) is 0 Å². The smallest absolute Gasteiger partial charge is 0.420 e. The summed E-state index contributed by atoms with van der Waals surface area (Å²) in [5, 5.41) is 5.05. The first-order chi connectivity index (χ1) is 14.9. The van der Waals surface area contributed by atoms with E-state index in [2.05, 4.69) is 10.6 Å². The predicted octanol–water partition coefficient (Wildman–Crippen LogP) is 1.98. The zero-order chi connectivity index (χ0) is 22.4. The number of fused-ring (bicyclic) bond motifs is 1. The van der Waals surface area contributed by atoms with E-state index in [-0.39, 0.29) is 13.2 Å². The van der Waals surface area contributed by atoms with Crippen LogP contribution in [0.3, 0.4) is 0 Å². The lowest BCUT2D eigenvalue weighted by molar-refractivity contribution is -0.146. The molecule has 3 rings (SSSR count). The second-order valence-electron chi connectivity index (χ2n) is 7.00. The minimum Gasteiger partial charge on any atom is -0.462 e. The highest BCUT2D eigenvalue weighted by atomic mass is 16.5. The van der Waals surface area contributed by atoms with Crippen LogP contribution in [0.5, 0.6) is 0 Å². The van der Waals surface area contributed by atoms with Crippen LogP contribution >= 0.6 is 0 Å². The van der Waals surface area contributed by atoms with Gasteiger partial charge in [-0.3, -0.25) is 19.0 Å². The summed E-state index contributed by atoms with van der Waals surface area (Å²) >= 11 is 0. The molecule has 3 aromatic rings. The van der Waals surface area contributed by atoms with Crippen molar-refractivity contribution in [2.75, 3.05) is 11.9 Å². The summed E-state index contributed by atoms with van der Waals surface area (Å²) in [7, 11) is 0. The number of nitrogens with one attached hydrogen (secondary N) is 2. The molecular weight excluding hydrogens is 402 g/mol. The summed E-state index contributed by atoms with van der Waals surface area (Å²) in [4.78, 5) is 48.4. The Morgan fingerprint density at radius 1 is 1.06 bits per heavy atom. The fourth-order valence-electron chi connectivity index (χ4n) is 2.87. The van der Waals surface area contributed by atoms with Crippen LogP contribution in [0, 0.1) is 6.92 Å². The molecule has 0 fully saturated rings. The number of nitrogens with zero attached hydrogens (tertiary/aromatic N) is 1. The first kappa shape index (κ1) is 21.8. The highest BCUT2D eigenvalue weighted by Crippen LogP contribution is 2.12. The Kier molecular flexibility index (Phi) is 6.86. The van der Waals surface area contributed by atoms with E-state index < -0.39 is 29.6 Å². The van der Waals surface area contributed by atoms with E-state index in [4.69, 9.17) is 9.15 Å². The molecule has 0 radical (unpaired) electrons. The number of esters is 1. The maximum atomic E-state index is 12.2. The second kappa shape index (κ2) is 9.75. The molecule has 0 unspecified atom stereocenters. The van der Waals surface area contributed by atoms with E-state index in [0.29, 0.717) is 23.2 Å². The molecule has 2 amide bonds. The van der Waals surface area contributed by atoms with Gasteiger partial charge in [-0.05, 0) is 37.6 Å². The van der Waals surface area contributed by atoms with Gasteiger partial charge >= 0.3 is 23.5 Å². The van der Waals surface area contributed by atoms with Crippen molar-refractivity contribution in [3.05, 3.63) is 64.6 Å². The summed E-state index contributed by atoms with van der Waals surface area (Å²) < 4.78 is 11.4. The molecule has 1 aromatic heterocycles. The van der Waals surface area contributed by atoms with Gasteiger partial charge in [-0.2, -0.15) is 0 Å². The summed E-state index contributed by atoms with van der Waals surface area (Å²) in [6.45, 7) is 3.24. The monoisotopic (exact) mass is 425 g/mol. The van der Waals surface area contributed by atoms with Crippen LogP contribution in [0.2, 0.25) is 0 Å². The molecule has 2 aromatic carbocycles. The minimum absolute atomic E-state index is 0.135. The number of aryl methyl sites for hydroxylation is 1. The number of carbonyl (C=O) groups excluding carboxylic acids is 3. The molecule has 0 saturated carbocycles. The first-order valence-electron chi connectivity index (χ1n) is 9.80. The summed E-state index contributed by atoms with van der Waals surface area (Å²) in [6.07, 6.45) is 0.436. The molecule has 0 aliphatic rings. The number of benzene rings is 2. The molecule has 0 aliphatic heterocycles. The molecular formula is C22H23N3O6. The first-order valence-corrected chi connectivity index (χ1v) is 9.80. The van der Waals surface area contributed by atoms with Crippen molar-refractivity contribution >= 4 is 34.6 Å². The highest BCUT2D eigenvalue weighted by Gasteiger charge is 2.20. The number of ether oxygens (including phenoxy) is 1. The minimum atomic E-state index is -0.833. The number of rotatable bonds is 7. The lowest BCUT2D eigenvalue weighted by atomic mass is 10.2. The van der Waals surface area contributed by atoms with E-state index in [1.54, 1.807) is 43.3 Å². The predicted molar refractivity (Wildman–Crippen MR) is 113 cm³/mol. The summed E-state index contributed by atoms with van der Waals surface area (Å²) in [5.41, 5.74) is 2.39. The number of carbonyl (C=O) groups is 3. The number of amides is 2. The molecule has 9 nitrogen and oxygen atoms in total. The molecule has 0 bridgehead atoms. The zero-order valence-corrected chi connectivity index (χ0v) is 17.2. The van der Waals surface area contributed by atoms with Gasteiger partial charge < -0.3 is 19.8 Å². The van der Waals surface area contributed by atoms with Crippen LogP contribution in [-0.4, -0.2) is 35.0 Å². The van der Waals surface area contributed by atoms with Crippen LogP contribution in [0.15, 0.2) is 57.7 Å². The summed E-state index contributed by atoms with van der Waals surface area (Å²) in [5.74, 6) is -2.97. The molecule has 0 aliphatic carbocycles. The van der Waals surface area contributed by atoms with Crippen LogP contribution in [0.1, 0.15) is 18.9 Å². The van der Waals surface area contributed by atoms with E-state index in [1.165, 1.54) is 4.57 Å². The largest absolute Gasteiger partial charge is 0.462 e. The van der Waals surface area contributed by atoms with Crippen molar-refractivity contribution in [1.82, 2.24) is 9.88 Å². The molecule has 2 N–H and O–H groups in total. The Morgan fingerprint density at radius 2 is 1.77 bits per heavy atom. The number of anilines is 1. The Hall–Kier alpha value is -3.88. The topological polar surface area (TPSA) is 120 Å². The number of hydrogen-bond acceptors (Lipinski definition) is 6.